The average Bonchev–Trinajstić information content (AvgIpc) is 3.11. The molecular formula is C21H21N3O3. The van der Waals surface area contributed by atoms with Gasteiger partial charge in [0.05, 0.1) is 5.69 Å². The molecule has 6 heteroatoms. The highest BCUT2D eigenvalue weighted by molar-refractivity contribution is 6.39. The van der Waals surface area contributed by atoms with Crippen molar-refractivity contribution in [3.05, 3.63) is 59.2 Å². The first-order chi connectivity index (χ1) is 13.1. The highest BCUT2D eigenvalue weighted by atomic mass is 16.2. The number of aryl methyl sites for hydroxylation is 1. The van der Waals surface area contributed by atoms with Gasteiger partial charge in [-0.1, -0.05) is 30.3 Å². The van der Waals surface area contributed by atoms with Crippen molar-refractivity contribution in [2.24, 2.45) is 0 Å². The number of nitrogens with one attached hydrogen (secondary N) is 2. The Morgan fingerprint density at radius 1 is 0.963 bits per heavy atom. The molecule has 0 aromatic heterocycles. The van der Waals surface area contributed by atoms with E-state index in [1.54, 1.807) is 0 Å². The molecule has 0 saturated carbocycles. The number of nitrogens with zero attached hydrogens (tertiary/aromatic N) is 1. The van der Waals surface area contributed by atoms with Crippen molar-refractivity contribution in [3.63, 3.8) is 0 Å². The third-order valence-electron chi connectivity index (χ3n) is 5.06. The van der Waals surface area contributed by atoms with Crippen LogP contribution in [0.2, 0.25) is 0 Å². The van der Waals surface area contributed by atoms with Crippen LogP contribution in [0.3, 0.4) is 0 Å². The molecule has 0 atom stereocenters. The van der Waals surface area contributed by atoms with E-state index in [0.29, 0.717) is 38.0 Å². The molecule has 0 saturated heterocycles. The number of amides is 3. The minimum atomic E-state index is -0.669. The van der Waals surface area contributed by atoms with Gasteiger partial charge in [0.25, 0.3) is 0 Å². The molecule has 138 valence electrons. The summed E-state index contributed by atoms with van der Waals surface area (Å²) in [7, 11) is 0. The van der Waals surface area contributed by atoms with Gasteiger partial charge in [0.15, 0.2) is 0 Å². The summed E-state index contributed by atoms with van der Waals surface area (Å²) in [5.41, 5.74) is 4.83. The zero-order valence-corrected chi connectivity index (χ0v) is 15.0. The van der Waals surface area contributed by atoms with Gasteiger partial charge in [0.2, 0.25) is 5.91 Å². The standard InChI is InChI=1S/C21H21N3O3/c25-18-7-6-15-12-17(13-16-9-11-24(18)19(15)16)23-21(27)20(26)22-10-8-14-4-2-1-3-5-14/h1-5,12-13H,6-11H2,(H,22,26)(H,23,27). The maximum Gasteiger partial charge on any atom is 0.313 e. The van der Waals surface area contributed by atoms with Gasteiger partial charge in [-0.15, -0.1) is 0 Å². The van der Waals surface area contributed by atoms with Crippen molar-refractivity contribution in [2.45, 2.75) is 25.7 Å². The van der Waals surface area contributed by atoms with Gasteiger partial charge >= 0.3 is 11.8 Å². The Morgan fingerprint density at radius 2 is 1.70 bits per heavy atom. The lowest BCUT2D eigenvalue weighted by atomic mass is 9.98. The molecule has 2 aliphatic heterocycles. The SMILES string of the molecule is O=C(NCCc1ccccc1)C(=O)Nc1cc2c3c(c1)CCN3C(=O)CC2. The van der Waals surface area contributed by atoms with Crippen molar-refractivity contribution >= 4 is 29.1 Å². The van der Waals surface area contributed by atoms with Crippen LogP contribution in [0.4, 0.5) is 11.4 Å². The van der Waals surface area contributed by atoms with Crippen molar-refractivity contribution < 1.29 is 14.4 Å². The second-order valence-corrected chi connectivity index (χ2v) is 6.88. The lowest BCUT2D eigenvalue weighted by molar-refractivity contribution is -0.136. The Balaban J connectivity index is 1.37. The lowest BCUT2D eigenvalue weighted by Gasteiger charge is -2.25. The second kappa shape index (κ2) is 7.23. The van der Waals surface area contributed by atoms with E-state index < -0.39 is 11.8 Å². The topological polar surface area (TPSA) is 78.5 Å². The first-order valence-electron chi connectivity index (χ1n) is 9.21. The molecule has 3 amide bonds. The predicted molar refractivity (Wildman–Crippen MR) is 103 cm³/mol. The molecule has 27 heavy (non-hydrogen) atoms. The van der Waals surface area contributed by atoms with Gasteiger partial charge in [0, 0.05) is 25.2 Å². The van der Waals surface area contributed by atoms with E-state index in [1.165, 1.54) is 0 Å². The smallest absolute Gasteiger partial charge is 0.313 e. The van der Waals surface area contributed by atoms with Crippen LogP contribution < -0.4 is 15.5 Å². The van der Waals surface area contributed by atoms with Crippen LogP contribution in [0.5, 0.6) is 0 Å². The maximum absolute atomic E-state index is 12.2. The summed E-state index contributed by atoms with van der Waals surface area (Å²) >= 11 is 0. The van der Waals surface area contributed by atoms with Crippen LogP contribution in [-0.2, 0) is 33.6 Å². The Morgan fingerprint density at radius 3 is 2.48 bits per heavy atom. The Kier molecular flexibility index (Phi) is 4.62. The summed E-state index contributed by atoms with van der Waals surface area (Å²) in [5.74, 6) is -1.15. The second-order valence-electron chi connectivity index (χ2n) is 6.88. The summed E-state index contributed by atoms with van der Waals surface area (Å²) in [6.45, 7) is 1.10. The normalized spacial score (nSPS) is 14.7. The van der Waals surface area contributed by atoms with Gasteiger partial charge in [-0.2, -0.15) is 0 Å². The lowest BCUT2D eigenvalue weighted by Crippen LogP contribution is -2.36. The molecule has 0 spiro atoms. The third kappa shape index (κ3) is 3.56. The number of hydrogen-bond donors (Lipinski definition) is 2. The van der Waals surface area contributed by atoms with E-state index in [2.05, 4.69) is 10.6 Å². The van der Waals surface area contributed by atoms with Crippen LogP contribution in [0.25, 0.3) is 0 Å². The minimum Gasteiger partial charge on any atom is -0.347 e. The molecule has 0 radical (unpaired) electrons. The Bertz CT molecular complexity index is 908. The fraction of sp³-hybridized carbons (Fsp3) is 0.286. The van der Waals surface area contributed by atoms with E-state index >= 15 is 0 Å². The van der Waals surface area contributed by atoms with Gasteiger partial charge in [-0.3, -0.25) is 14.4 Å². The fourth-order valence-corrected chi connectivity index (χ4v) is 3.76. The number of carbonyl (C=O) groups excluding carboxylic acids is 3. The van der Waals surface area contributed by atoms with Crippen molar-refractivity contribution in [3.8, 4) is 0 Å². The summed E-state index contributed by atoms with van der Waals surface area (Å²) in [5, 5.41) is 5.34. The van der Waals surface area contributed by atoms with E-state index in [-0.39, 0.29) is 5.91 Å². The summed E-state index contributed by atoms with van der Waals surface area (Å²) in [6.07, 6.45) is 2.61. The molecule has 0 fully saturated rings. The van der Waals surface area contributed by atoms with Gasteiger partial charge in [0.1, 0.15) is 0 Å². The minimum absolute atomic E-state index is 0.163. The van der Waals surface area contributed by atoms with Crippen LogP contribution in [-0.4, -0.2) is 30.8 Å². The molecule has 2 aliphatic rings. The molecule has 0 unspecified atom stereocenters. The van der Waals surface area contributed by atoms with Crippen LogP contribution >= 0.6 is 0 Å². The summed E-state index contributed by atoms with van der Waals surface area (Å²) < 4.78 is 0. The third-order valence-corrected chi connectivity index (χ3v) is 5.06. The van der Waals surface area contributed by atoms with Crippen LogP contribution in [0, 0.1) is 0 Å². The molecule has 2 N–H and O–H groups in total. The van der Waals surface area contributed by atoms with Gasteiger partial charge in [-0.25, -0.2) is 0 Å². The molecule has 6 nitrogen and oxygen atoms in total. The first-order valence-corrected chi connectivity index (χ1v) is 9.21. The number of carbonyl (C=O) groups is 3. The summed E-state index contributed by atoms with van der Waals surface area (Å²) in [4.78, 5) is 38.1. The number of rotatable bonds is 4. The van der Waals surface area contributed by atoms with E-state index in [0.717, 1.165) is 28.8 Å². The maximum atomic E-state index is 12.2. The summed E-state index contributed by atoms with van der Waals surface area (Å²) in [6, 6.07) is 13.5. The Hall–Kier alpha value is -3.15. The molecule has 0 aliphatic carbocycles. The van der Waals surface area contributed by atoms with Crippen LogP contribution in [0.1, 0.15) is 23.1 Å². The zero-order valence-electron chi connectivity index (χ0n) is 15.0. The Labute approximate surface area is 157 Å². The highest BCUT2D eigenvalue weighted by Crippen LogP contribution is 2.38. The highest BCUT2D eigenvalue weighted by Gasteiger charge is 2.31. The quantitative estimate of drug-likeness (QED) is 0.814. The fourth-order valence-electron chi connectivity index (χ4n) is 3.76. The first kappa shape index (κ1) is 17.3. The van der Waals surface area contributed by atoms with Gasteiger partial charge < -0.3 is 15.5 Å². The molecule has 2 heterocycles. The van der Waals surface area contributed by atoms with Crippen LogP contribution in [0.15, 0.2) is 42.5 Å². The van der Waals surface area contributed by atoms with E-state index in [1.807, 2.05) is 47.4 Å². The van der Waals surface area contributed by atoms with Gasteiger partial charge in [-0.05, 0) is 48.1 Å². The zero-order chi connectivity index (χ0) is 18.8. The molecule has 2 aromatic carbocycles. The largest absolute Gasteiger partial charge is 0.347 e. The number of anilines is 2. The van der Waals surface area contributed by atoms with E-state index in [9.17, 15) is 14.4 Å². The van der Waals surface area contributed by atoms with E-state index in [4.69, 9.17) is 0 Å². The number of benzene rings is 2. The molecule has 2 aromatic rings. The molecule has 0 bridgehead atoms. The number of hydrogen-bond acceptors (Lipinski definition) is 3. The van der Waals surface area contributed by atoms with Crippen molar-refractivity contribution in [2.75, 3.05) is 23.3 Å². The average molecular weight is 363 g/mol. The van der Waals surface area contributed by atoms with Crippen molar-refractivity contribution in [1.29, 1.82) is 0 Å². The molecular weight excluding hydrogens is 342 g/mol. The monoisotopic (exact) mass is 363 g/mol. The van der Waals surface area contributed by atoms with Crippen molar-refractivity contribution in [1.82, 2.24) is 5.32 Å². The molecule has 4 rings (SSSR count). The predicted octanol–water partition coefficient (Wildman–Crippen LogP) is 1.82.